The highest BCUT2D eigenvalue weighted by atomic mass is 16.5. The lowest BCUT2D eigenvalue weighted by atomic mass is 10.0. The quantitative estimate of drug-likeness (QED) is 0.334. The van der Waals surface area contributed by atoms with Gasteiger partial charge in [-0.1, -0.05) is 75.3 Å². The Morgan fingerprint density at radius 1 is 0.731 bits per heavy atom. The number of hydrogen-bond acceptors (Lipinski definition) is 3. The number of Topliss-reactive ketones (excluding diaryl/α,β-unsaturated/α-hetero) is 1. The molecule has 0 amide bonds. The summed E-state index contributed by atoms with van der Waals surface area (Å²) in [5, 5.41) is 8.71. The van der Waals surface area contributed by atoms with E-state index in [-0.39, 0.29) is 0 Å². The molecule has 0 atom stereocenters. The molecule has 1 N–H and O–H groups in total. The van der Waals surface area contributed by atoms with Gasteiger partial charge in [-0.05, 0) is 31.2 Å². The molecule has 1 aromatic rings. The van der Waals surface area contributed by atoms with Gasteiger partial charge in [0, 0.05) is 26.1 Å². The van der Waals surface area contributed by atoms with Crippen LogP contribution in [0.3, 0.4) is 0 Å². The summed E-state index contributed by atoms with van der Waals surface area (Å²) < 4.78 is 5.66. The molecule has 26 heavy (non-hydrogen) atoms. The lowest BCUT2D eigenvalue weighted by molar-refractivity contribution is -0.119. The highest BCUT2D eigenvalue weighted by molar-refractivity contribution is 5.78. The number of carbonyl (C=O) groups excluding carboxylic acids is 1. The summed E-state index contributed by atoms with van der Waals surface area (Å²) >= 11 is 0. The normalized spacial score (nSPS) is 11.0. The summed E-state index contributed by atoms with van der Waals surface area (Å²) in [4.78, 5) is 11.9. The summed E-state index contributed by atoms with van der Waals surface area (Å²) in [7, 11) is 0. The van der Waals surface area contributed by atoms with E-state index >= 15 is 0 Å². The molecule has 0 aromatic heterocycles. The molecule has 3 nitrogen and oxygen atoms in total. The first-order valence-corrected chi connectivity index (χ1v) is 10.6. The average molecular weight is 363 g/mol. The van der Waals surface area contributed by atoms with Crippen LogP contribution in [0.5, 0.6) is 0 Å². The van der Waals surface area contributed by atoms with E-state index in [4.69, 9.17) is 9.84 Å². The maximum atomic E-state index is 11.9. The summed E-state index contributed by atoms with van der Waals surface area (Å²) in [6.07, 6.45) is 13.9. The molecule has 0 radical (unpaired) electrons. The standard InChI is InChI=1S/C23H38O3/c24-19-13-6-4-2-1-3-5-11-17-23(25)18-12-8-14-20-26-21-22-15-9-7-10-16-22/h7,9-10,15-16,24H,1-6,8,11-14,17-21H2. The molecule has 1 aromatic carbocycles. The second-order valence-electron chi connectivity index (χ2n) is 7.19. The second kappa shape index (κ2) is 17.2. The van der Waals surface area contributed by atoms with E-state index in [9.17, 15) is 4.79 Å². The smallest absolute Gasteiger partial charge is 0.132 e. The summed E-state index contributed by atoms with van der Waals surface area (Å²) in [5.41, 5.74) is 1.22. The molecule has 0 heterocycles. The van der Waals surface area contributed by atoms with Crippen molar-refractivity contribution in [2.24, 2.45) is 0 Å². The Morgan fingerprint density at radius 2 is 1.27 bits per heavy atom. The summed E-state index contributed by atoms with van der Waals surface area (Å²) in [5.74, 6) is 0.429. The van der Waals surface area contributed by atoms with Crippen LogP contribution in [0, 0.1) is 0 Å². The Balaban J connectivity index is 1.79. The average Bonchev–Trinajstić information content (AvgIpc) is 2.67. The van der Waals surface area contributed by atoms with E-state index in [2.05, 4.69) is 12.1 Å². The van der Waals surface area contributed by atoms with E-state index in [1.54, 1.807) is 0 Å². The molecular formula is C23H38O3. The van der Waals surface area contributed by atoms with Crippen molar-refractivity contribution in [2.75, 3.05) is 13.2 Å². The Bertz CT molecular complexity index is 430. The molecule has 0 unspecified atom stereocenters. The van der Waals surface area contributed by atoms with Gasteiger partial charge in [0.1, 0.15) is 5.78 Å². The number of benzene rings is 1. The molecule has 0 saturated heterocycles. The number of rotatable bonds is 18. The van der Waals surface area contributed by atoms with Crippen molar-refractivity contribution in [3.8, 4) is 0 Å². The zero-order chi connectivity index (χ0) is 18.7. The van der Waals surface area contributed by atoms with Crippen molar-refractivity contribution in [1.29, 1.82) is 0 Å². The summed E-state index contributed by atoms with van der Waals surface area (Å²) in [6.45, 7) is 1.78. The van der Waals surface area contributed by atoms with Gasteiger partial charge in [0.15, 0.2) is 0 Å². The first-order valence-electron chi connectivity index (χ1n) is 10.6. The fourth-order valence-electron chi connectivity index (χ4n) is 3.09. The molecule has 0 fully saturated rings. The monoisotopic (exact) mass is 362 g/mol. The molecule has 148 valence electrons. The molecule has 1 rings (SSSR count). The Kier molecular flexibility index (Phi) is 15.1. The molecule has 3 heteroatoms. The van der Waals surface area contributed by atoms with Crippen molar-refractivity contribution >= 4 is 5.78 Å². The lowest BCUT2D eigenvalue weighted by Crippen LogP contribution is -1.99. The highest BCUT2D eigenvalue weighted by Crippen LogP contribution is 2.11. The number of ether oxygens (including phenoxy) is 1. The zero-order valence-electron chi connectivity index (χ0n) is 16.5. The van der Waals surface area contributed by atoms with Gasteiger partial charge in [0.25, 0.3) is 0 Å². The van der Waals surface area contributed by atoms with Gasteiger partial charge in [-0.25, -0.2) is 0 Å². The molecule has 0 saturated carbocycles. The van der Waals surface area contributed by atoms with Crippen molar-refractivity contribution in [1.82, 2.24) is 0 Å². The van der Waals surface area contributed by atoms with Gasteiger partial charge in [0.05, 0.1) is 6.61 Å². The van der Waals surface area contributed by atoms with E-state index < -0.39 is 0 Å². The fraction of sp³-hybridized carbons (Fsp3) is 0.696. The first-order chi connectivity index (χ1) is 12.8. The van der Waals surface area contributed by atoms with Gasteiger partial charge in [-0.15, -0.1) is 0 Å². The number of aliphatic hydroxyl groups excluding tert-OH is 1. The Labute approximate surface area is 160 Å². The number of unbranched alkanes of at least 4 members (excludes halogenated alkanes) is 9. The van der Waals surface area contributed by atoms with Crippen LogP contribution in [0.15, 0.2) is 30.3 Å². The highest BCUT2D eigenvalue weighted by Gasteiger charge is 2.02. The van der Waals surface area contributed by atoms with E-state index in [0.29, 0.717) is 19.0 Å². The third kappa shape index (κ3) is 14.0. The van der Waals surface area contributed by atoms with Crippen LogP contribution in [0.4, 0.5) is 0 Å². The molecule has 0 bridgehead atoms. The Hall–Kier alpha value is -1.19. The van der Waals surface area contributed by atoms with Gasteiger partial charge in [-0.2, -0.15) is 0 Å². The number of carbonyl (C=O) groups is 1. The van der Waals surface area contributed by atoms with Gasteiger partial charge < -0.3 is 9.84 Å². The number of hydrogen-bond donors (Lipinski definition) is 1. The van der Waals surface area contributed by atoms with Crippen molar-refractivity contribution in [2.45, 2.75) is 90.1 Å². The van der Waals surface area contributed by atoms with Crippen LogP contribution in [0.25, 0.3) is 0 Å². The fourth-order valence-corrected chi connectivity index (χ4v) is 3.09. The minimum Gasteiger partial charge on any atom is -0.396 e. The topological polar surface area (TPSA) is 46.5 Å². The second-order valence-corrected chi connectivity index (χ2v) is 7.19. The zero-order valence-corrected chi connectivity index (χ0v) is 16.5. The van der Waals surface area contributed by atoms with Crippen LogP contribution in [0.1, 0.15) is 89.0 Å². The van der Waals surface area contributed by atoms with Crippen molar-refractivity contribution in [3.05, 3.63) is 35.9 Å². The number of aliphatic hydroxyl groups is 1. The van der Waals surface area contributed by atoms with Crippen LogP contribution in [-0.4, -0.2) is 24.1 Å². The largest absolute Gasteiger partial charge is 0.396 e. The van der Waals surface area contributed by atoms with E-state index in [0.717, 1.165) is 58.0 Å². The Morgan fingerprint density at radius 3 is 1.88 bits per heavy atom. The predicted octanol–water partition coefficient (Wildman–Crippen LogP) is 5.84. The van der Waals surface area contributed by atoms with Gasteiger partial charge in [0.2, 0.25) is 0 Å². The summed E-state index contributed by atoms with van der Waals surface area (Å²) in [6, 6.07) is 10.2. The van der Waals surface area contributed by atoms with Crippen LogP contribution >= 0.6 is 0 Å². The maximum absolute atomic E-state index is 11.9. The maximum Gasteiger partial charge on any atom is 0.132 e. The van der Waals surface area contributed by atoms with Crippen LogP contribution in [-0.2, 0) is 16.1 Å². The van der Waals surface area contributed by atoms with Crippen LogP contribution < -0.4 is 0 Å². The SMILES string of the molecule is O=C(CCCCCCCCCCO)CCCCCOCc1ccccc1. The molecular weight excluding hydrogens is 324 g/mol. The first kappa shape index (κ1) is 22.9. The number of ketones is 1. The van der Waals surface area contributed by atoms with E-state index in [1.165, 1.54) is 37.7 Å². The van der Waals surface area contributed by atoms with Crippen molar-refractivity contribution in [3.63, 3.8) is 0 Å². The predicted molar refractivity (Wildman–Crippen MR) is 108 cm³/mol. The van der Waals surface area contributed by atoms with Gasteiger partial charge in [-0.3, -0.25) is 4.79 Å². The molecule has 0 aliphatic rings. The van der Waals surface area contributed by atoms with E-state index in [1.807, 2.05) is 18.2 Å². The molecule has 0 aliphatic carbocycles. The van der Waals surface area contributed by atoms with Crippen LogP contribution in [0.2, 0.25) is 0 Å². The third-order valence-corrected chi connectivity index (χ3v) is 4.72. The molecule has 0 aliphatic heterocycles. The van der Waals surface area contributed by atoms with Crippen molar-refractivity contribution < 1.29 is 14.6 Å². The minimum absolute atomic E-state index is 0.322. The lowest BCUT2D eigenvalue weighted by Gasteiger charge is -2.05. The third-order valence-electron chi connectivity index (χ3n) is 4.72. The van der Waals surface area contributed by atoms with Gasteiger partial charge >= 0.3 is 0 Å². The molecule has 0 spiro atoms. The minimum atomic E-state index is 0.322.